The average molecular weight is 1070 g/mol. The minimum absolute atomic E-state index is 0.0819. The van der Waals surface area contributed by atoms with Crippen LogP contribution < -0.4 is 0 Å². The number of hydrogen-bond donors (Lipinski definition) is 0. The van der Waals surface area contributed by atoms with Crippen LogP contribution in [0.1, 0.15) is 303 Å². The van der Waals surface area contributed by atoms with E-state index in [2.05, 4.69) is 130 Å². The number of carbonyl (C=O) groups excluding carboxylic acids is 3. The standard InChI is InChI=1S/C71H120O6/c1-4-7-10-13-16-19-21-23-25-27-29-31-32-33-34-35-36-37-38-40-41-43-45-47-49-52-55-58-61-64-70(73)76-67-68(66-75-69(72)63-60-57-54-51-18-15-12-9-6-3)77-71(74)65-62-59-56-53-50-48-46-44-42-39-30-28-26-24-22-20-17-14-11-8-5-2/h7,10,16,19,22-25,28-31,33-34,36-37,40-41,68H,4-6,8-9,11-15,17-18,20-21,26-27,32,35,38-39,42-67H2,1-3H3/b10-7-,19-16-,24-22-,25-23-,30-28-,31-29-,34-33-,37-36-,41-40-. The number of ether oxygens (including phenoxy) is 3. The molecule has 6 nitrogen and oxygen atoms in total. The summed E-state index contributed by atoms with van der Waals surface area (Å²) in [5, 5.41) is 0. The summed E-state index contributed by atoms with van der Waals surface area (Å²) >= 11 is 0. The maximum Gasteiger partial charge on any atom is 0.306 e. The molecule has 1 atom stereocenters. The van der Waals surface area contributed by atoms with Gasteiger partial charge < -0.3 is 14.2 Å². The Kier molecular flexibility index (Phi) is 61.3. The van der Waals surface area contributed by atoms with Crippen LogP contribution in [-0.4, -0.2) is 37.2 Å². The molecule has 0 bridgehead atoms. The minimum Gasteiger partial charge on any atom is -0.462 e. The second-order valence-electron chi connectivity index (χ2n) is 21.3. The van der Waals surface area contributed by atoms with Crippen molar-refractivity contribution in [2.75, 3.05) is 13.2 Å². The van der Waals surface area contributed by atoms with Gasteiger partial charge in [-0.1, -0.05) is 284 Å². The maximum atomic E-state index is 12.9. The Hall–Kier alpha value is -3.93. The summed E-state index contributed by atoms with van der Waals surface area (Å²) < 4.78 is 16.9. The SMILES string of the molecule is CC/C=C\C/C=C\C/C=C\C/C=C\C/C=C\C/C=C\C/C=C\CCCCCCCCCC(=O)OCC(COC(=O)CCCCCCCCCCC)OC(=O)CCCCCCCCCCC/C=C\C/C=C\CCCCCCC. The molecule has 1 unspecified atom stereocenters. The lowest BCUT2D eigenvalue weighted by Crippen LogP contribution is -2.30. The van der Waals surface area contributed by atoms with Crippen LogP contribution in [0.3, 0.4) is 0 Å². The van der Waals surface area contributed by atoms with E-state index in [9.17, 15) is 14.4 Å². The number of rotatable bonds is 58. The fourth-order valence-electron chi connectivity index (χ4n) is 8.92. The molecule has 0 rings (SSSR count). The summed E-state index contributed by atoms with van der Waals surface area (Å²) in [6, 6.07) is 0. The van der Waals surface area contributed by atoms with E-state index < -0.39 is 6.10 Å². The lowest BCUT2D eigenvalue weighted by molar-refractivity contribution is -0.167. The molecule has 0 saturated carbocycles. The van der Waals surface area contributed by atoms with Gasteiger partial charge in [0.2, 0.25) is 0 Å². The van der Waals surface area contributed by atoms with E-state index in [0.717, 1.165) is 116 Å². The van der Waals surface area contributed by atoms with Crippen molar-refractivity contribution in [3.63, 3.8) is 0 Å². The van der Waals surface area contributed by atoms with E-state index in [4.69, 9.17) is 14.2 Å². The summed E-state index contributed by atoms with van der Waals surface area (Å²) in [5.74, 6) is -0.893. The lowest BCUT2D eigenvalue weighted by atomic mass is 10.1. The van der Waals surface area contributed by atoms with Gasteiger partial charge >= 0.3 is 17.9 Å². The molecule has 0 aliphatic rings. The summed E-state index contributed by atoms with van der Waals surface area (Å²) in [6.07, 6.45) is 88.1. The summed E-state index contributed by atoms with van der Waals surface area (Å²) in [5.41, 5.74) is 0. The van der Waals surface area contributed by atoms with Crippen molar-refractivity contribution in [3.8, 4) is 0 Å². The normalized spacial score (nSPS) is 12.8. The number of esters is 3. The summed E-state index contributed by atoms with van der Waals surface area (Å²) in [6.45, 7) is 6.50. The number of allylic oxidation sites excluding steroid dienone is 18. The lowest BCUT2D eigenvalue weighted by Gasteiger charge is -2.18. The molecule has 0 aliphatic carbocycles. The van der Waals surface area contributed by atoms with Crippen molar-refractivity contribution < 1.29 is 28.6 Å². The first-order chi connectivity index (χ1) is 38.0. The van der Waals surface area contributed by atoms with E-state index >= 15 is 0 Å². The van der Waals surface area contributed by atoms with Crippen molar-refractivity contribution in [2.45, 2.75) is 309 Å². The fourth-order valence-corrected chi connectivity index (χ4v) is 8.92. The number of hydrogen-bond acceptors (Lipinski definition) is 6. The van der Waals surface area contributed by atoms with Gasteiger partial charge in [-0.15, -0.1) is 0 Å². The third-order valence-electron chi connectivity index (χ3n) is 13.8. The molecule has 0 spiro atoms. The first-order valence-corrected chi connectivity index (χ1v) is 32.4. The van der Waals surface area contributed by atoms with Gasteiger partial charge in [0, 0.05) is 19.3 Å². The summed E-state index contributed by atoms with van der Waals surface area (Å²) in [7, 11) is 0. The van der Waals surface area contributed by atoms with Gasteiger partial charge in [0.25, 0.3) is 0 Å². The highest BCUT2D eigenvalue weighted by atomic mass is 16.6. The highest BCUT2D eigenvalue weighted by Gasteiger charge is 2.19. The van der Waals surface area contributed by atoms with E-state index in [1.165, 1.54) is 148 Å². The predicted molar refractivity (Wildman–Crippen MR) is 334 cm³/mol. The highest BCUT2D eigenvalue weighted by Crippen LogP contribution is 2.16. The Morgan fingerprint density at radius 3 is 0.792 bits per heavy atom. The van der Waals surface area contributed by atoms with Gasteiger partial charge in [-0.3, -0.25) is 14.4 Å². The van der Waals surface area contributed by atoms with Crippen LogP contribution in [-0.2, 0) is 28.6 Å². The summed E-state index contributed by atoms with van der Waals surface area (Å²) in [4.78, 5) is 38.2. The van der Waals surface area contributed by atoms with Gasteiger partial charge in [-0.25, -0.2) is 0 Å². The van der Waals surface area contributed by atoms with Gasteiger partial charge in [-0.2, -0.15) is 0 Å². The second-order valence-corrected chi connectivity index (χ2v) is 21.3. The number of unbranched alkanes of at least 4 members (excludes halogenated alkanes) is 29. The van der Waals surface area contributed by atoms with E-state index in [1.807, 2.05) is 0 Å². The maximum absolute atomic E-state index is 12.9. The molecule has 6 heteroatoms. The van der Waals surface area contributed by atoms with Crippen LogP contribution in [0.4, 0.5) is 0 Å². The van der Waals surface area contributed by atoms with Crippen LogP contribution >= 0.6 is 0 Å². The zero-order valence-electron chi connectivity index (χ0n) is 50.4. The Balaban J connectivity index is 4.25. The zero-order chi connectivity index (χ0) is 55.7. The van der Waals surface area contributed by atoms with Crippen LogP contribution in [0.15, 0.2) is 109 Å². The van der Waals surface area contributed by atoms with Crippen molar-refractivity contribution in [1.29, 1.82) is 0 Å². The molecule has 440 valence electrons. The van der Waals surface area contributed by atoms with Crippen LogP contribution in [0, 0.1) is 0 Å². The molecule has 0 fully saturated rings. The third kappa shape index (κ3) is 62.8. The molecule has 0 aromatic rings. The van der Waals surface area contributed by atoms with E-state index in [-0.39, 0.29) is 31.1 Å². The molecule has 77 heavy (non-hydrogen) atoms. The van der Waals surface area contributed by atoms with Crippen LogP contribution in [0.25, 0.3) is 0 Å². The van der Waals surface area contributed by atoms with Crippen molar-refractivity contribution in [1.82, 2.24) is 0 Å². The Morgan fingerprint density at radius 2 is 0.506 bits per heavy atom. The van der Waals surface area contributed by atoms with Gasteiger partial charge in [0.15, 0.2) is 6.10 Å². The Labute approximate surface area is 476 Å². The topological polar surface area (TPSA) is 78.9 Å². The molecule has 0 aromatic heterocycles. The molecule has 0 amide bonds. The Morgan fingerprint density at radius 1 is 0.273 bits per heavy atom. The van der Waals surface area contributed by atoms with Gasteiger partial charge in [-0.05, 0) is 109 Å². The predicted octanol–water partition coefficient (Wildman–Crippen LogP) is 22.2. The Bertz CT molecular complexity index is 1560. The monoisotopic (exact) mass is 1070 g/mol. The molecule has 0 saturated heterocycles. The number of carbonyl (C=O) groups is 3. The van der Waals surface area contributed by atoms with Crippen molar-refractivity contribution in [3.05, 3.63) is 109 Å². The molecular weight excluding hydrogens is 949 g/mol. The first kappa shape index (κ1) is 73.1. The highest BCUT2D eigenvalue weighted by molar-refractivity contribution is 5.71. The van der Waals surface area contributed by atoms with Crippen LogP contribution in [0.2, 0.25) is 0 Å². The van der Waals surface area contributed by atoms with Crippen LogP contribution in [0.5, 0.6) is 0 Å². The molecule has 0 aromatic carbocycles. The quantitative estimate of drug-likeness (QED) is 0.0261. The minimum atomic E-state index is -0.785. The molecule has 0 heterocycles. The molecular formula is C71H120O6. The van der Waals surface area contributed by atoms with Crippen molar-refractivity contribution in [2.24, 2.45) is 0 Å². The smallest absolute Gasteiger partial charge is 0.306 e. The fraction of sp³-hybridized carbons (Fsp3) is 0.704. The third-order valence-corrected chi connectivity index (χ3v) is 13.8. The van der Waals surface area contributed by atoms with Crippen molar-refractivity contribution >= 4 is 17.9 Å². The van der Waals surface area contributed by atoms with Gasteiger partial charge in [0.05, 0.1) is 0 Å². The first-order valence-electron chi connectivity index (χ1n) is 32.4. The average Bonchev–Trinajstić information content (AvgIpc) is 3.43. The largest absolute Gasteiger partial charge is 0.462 e. The molecule has 0 N–H and O–H groups in total. The van der Waals surface area contributed by atoms with E-state index in [0.29, 0.717) is 19.3 Å². The van der Waals surface area contributed by atoms with Gasteiger partial charge in [0.1, 0.15) is 13.2 Å². The molecule has 0 radical (unpaired) electrons. The second kappa shape index (κ2) is 64.6. The molecule has 0 aliphatic heterocycles. The zero-order valence-corrected chi connectivity index (χ0v) is 50.4. The van der Waals surface area contributed by atoms with E-state index in [1.54, 1.807) is 0 Å².